The number of carboxylic acids is 1. The van der Waals surface area contributed by atoms with E-state index in [0.717, 1.165) is 0 Å². The first kappa shape index (κ1) is 16.3. The predicted octanol–water partition coefficient (Wildman–Crippen LogP) is 0.442. The Kier molecular flexibility index (Phi) is 7.33. The van der Waals surface area contributed by atoms with Crippen molar-refractivity contribution in [3.63, 3.8) is 0 Å². The maximum absolute atomic E-state index is 11.6. The molecule has 17 heavy (non-hydrogen) atoms. The zero-order valence-corrected chi connectivity index (χ0v) is 11.3. The Labute approximate surface area is 102 Å². The van der Waals surface area contributed by atoms with Gasteiger partial charge < -0.3 is 9.84 Å². The van der Waals surface area contributed by atoms with Crippen molar-refractivity contribution in [3.05, 3.63) is 0 Å². The van der Waals surface area contributed by atoms with Crippen LogP contribution in [-0.2, 0) is 19.6 Å². The minimum Gasteiger partial charge on any atom is -0.481 e. The second kappa shape index (κ2) is 7.62. The number of hydrogen-bond acceptors (Lipinski definition) is 4. The molecule has 0 heterocycles. The molecule has 7 heteroatoms. The van der Waals surface area contributed by atoms with E-state index in [9.17, 15) is 13.2 Å². The van der Waals surface area contributed by atoms with E-state index in [-0.39, 0.29) is 30.6 Å². The minimum atomic E-state index is -3.44. The minimum absolute atomic E-state index is 0.114. The molecule has 0 aliphatic heterocycles. The van der Waals surface area contributed by atoms with Gasteiger partial charge >= 0.3 is 5.97 Å². The van der Waals surface area contributed by atoms with Gasteiger partial charge in [-0.1, -0.05) is 13.8 Å². The molecule has 102 valence electrons. The van der Waals surface area contributed by atoms with E-state index >= 15 is 0 Å². The molecule has 0 aromatic heterocycles. The van der Waals surface area contributed by atoms with Gasteiger partial charge in [0.25, 0.3) is 0 Å². The summed E-state index contributed by atoms with van der Waals surface area (Å²) >= 11 is 0. The number of carboxylic acid groups (broad SMARTS) is 1. The van der Waals surface area contributed by atoms with Crippen molar-refractivity contribution in [2.75, 3.05) is 19.5 Å². The molecule has 0 aliphatic rings. The molecule has 0 fully saturated rings. The Morgan fingerprint density at radius 3 is 2.41 bits per heavy atom. The Morgan fingerprint density at radius 1 is 1.41 bits per heavy atom. The zero-order valence-electron chi connectivity index (χ0n) is 10.5. The molecule has 0 aliphatic carbocycles. The Hall–Kier alpha value is -0.660. The van der Waals surface area contributed by atoms with Crippen LogP contribution in [0.2, 0.25) is 0 Å². The Balaban J connectivity index is 4.25. The highest BCUT2D eigenvalue weighted by Crippen LogP contribution is 2.05. The van der Waals surface area contributed by atoms with Crippen molar-refractivity contribution >= 4 is 16.0 Å². The smallest absolute Gasteiger partial charge is 0.303 e. The highest BCUT2D eigenvalue weighted by atomic mass is 32.2. The molecule has 0 rings (SSSR count). The molecule has 0 amide bonds. The Bertz CT molecular complexity index is 326. The molecule has 0 aromatic rings. The fourth-order valence-electron chi connectivity index (χ4n) is 1.25. The molecule has 0 saturated heterocycles. The third-order valence-electron chi connectivity index (χ3n) is 2.29. The quantitative estimate of drug-likeness (QED) is 0.632. The summed E-state index contributed by atoms with van der Waals surface area (Å²) in [5.74, 6) is -1.05. The van der Waals surface area contributed by atoms with Crippen LogP contribution in [0, 0.1) is 5.92 Å². The summed E-state index contributed by atoms with van der Waals surface area (Å²) in [5, 5.41) is 8.43. The van der Waals surface area contributed by atoms with Crippen LogP contribution in [0.3, 0.4) is 0 Å². The van der Waals surface area contributed by atoms with Gasteiger partial charge in [0.1, 0.15) is 0 Å². The topological polar surface area (TPSA) is 92.7 Å². The van der Waals surface area contributed by atoms with E-state index in [2.05, 4.69) is 4.72 Å². The number of rotatable bonds is 9. The lowest BCUT2D eigenvalue weighted by atomic mass is 10.1. The lowest BCUT2D eigenvalue weighted by molar-refractivity contribution is -0.137. The molecule has 0 saturated carbocycles. The van der Waals surface area contributed by atoms with Gasteiger partial charge in [-0.05, 0) is 12.3 Å². The van der Waals surface area contributed by atoms with Crippen molar-refractivity contribution in [2.45, 2.75) is 32.7 Å². The van der Waals surface area contributed by atoms with Crippen molar-refractivity contribution in [1.82, 2.24) is 4.72 Å². The summed E-state index contributed by atoms with van der Waals surface area (Å²) in [6.45, 7) is 4.09. The van der Waals surface area contributed by atoms with Crippen molar-refractivity contribution in [3.8, 4) is 0 Å². The van der Waals surface area contributed by atoms with Crippen LogP contribution in [0.5, 0.6) is 0 Å². The van der Waals surface area contributed by atoms with Crippen LogP contribution in [0.4, 0.5) is 0 Å². The first-order valence-electron chi connectivity index (χ1n) is 5.49. The molecular formula is C10H21NO5S. The predicted molar refractivity (Wildman–Crippen MR) is 64.3 cm³/mol. The third-order valence-corrected chi connectivity index (χ3v) is 3.77. The summed E-state index contributed by atoms with van der Waals surface area (Å²) in [6, 6.07) is -0.283. The van der Waals surface area contributed by atoms with Gasteiger partial charge in [0.15, 0.2) is 0 Å². The van der Waals surface area contributed by atoms with Crippen molar-refractivity contribution in [1.29, 1.82) is 0 Å². The van der Waals surface area contributed by atoms with Gasteiger partial charge in [-0.3, -0.25) is 4.79 Å². The van der Waals surface area contributed by atoms with Gasteiger partial charge in [0.05, 0.1) is 12.4 Å². The van der Waals surface area contributed by atoms with Crippen molar-refractivity contribution in [2.24, 2.45) is 5.92 Å². The molecule has 0 radical (unpaired) electrons. The van der Waals surface area contributed by atoms with Crippen molar-refractivity contribution < 1.29 is 23.1 Å². The monoisotopic (exact) mass is 267 g/mol. The number of sulfonamides is 1. The molecule has 2 N–H and O–H groups in total. The van der Waals surface area contributed by atoms with Crippen LogP contribution >= 0.6 is 0 Å². The second-order valence-corrected chi connectivity index (χ2v) is 6.11. The fourth-order valence-corrected chi connectivity index (χ4v) is 2.69. The average Bonchev–Trinajstić information content (AvgIpc) is 2.15. The first-order chi connectivity index (χ1) is 7.78. The summed E-state index contributed by atoms with van der Waals surface area (Å²) in [7, 11) is -1.93. The summed E-state index contributed by atoms with van der Waals surface area (Å²) < 4.78 is 30.7. The third kappa shape index (κ3) is 8.12. The molecular weight excluding hydrogens is 246 g/mol. The second-order valence-electron chi connectivity index (χ2n) is 4.24. The number of hydrogen-bond donors (Lipinski definition) is 2. The lowest BCUT2D eigenvalue weighted by Gasteiger charge is -2.21. The maximum Gasteiger partial charge on any atom is 0.303 e. The van der Waals surface area contributed by atoms with Gasteiger partial charge in [0, 0.05) is 19.6 Å². The highest BCUT2D eigenvalue weighted by Gasteiger charge is 2.20. The van der Waals surface area contributed by atoms with Gasteiger partial charge in [-0.15, -0.1) is 0 Å². The number of methoxy groups -OCH3 is 1. The SMILES string of the molecule is COCC(NS(=O)(=O)CCCC(=O)O)C(C)C. The van der Waals surface area contributed by atoms with Gasteiger partial charge in [0.2, 0.25) is 10.0 Å². The van der Waals surface area contributed by atoms with Crippen LogP contribution in [-0.4, -0.2) is 45.0 Å². The molecule has 0 bridgehead atoms. The molecule has 1 unspecified atom stereocenters. The molecule has 1 atom stereocenters. The largest absolute Gasteiger partial charge is 0.481 e. The van der Waals surface area contributed by atoms with E-state index in [1.807, 2.05) is 13.8 Å². The highest BCUT2D eigenvalue weighted by molar-refractivity contribution is 7.89. The number of nitrogens with one attached hydrogen (secondary N) is 1. The number of aliphatic carboxylic acids is 1. The summed E-state index contributed by atoms with van der Waals surface area (Å²) in [6.07, 6.45) is -0.0278. The maximum atomic E-state index is 11.6. The average molecular weight is 267 g/mol. The summed E-state index contributed by atoms with van der Waals surface area (Å²) in [5.41, 5.74) is 0. The normalized spacial score (nSPS) is 13.9. The summed E-state index contributed by atoms with van der Waals surface area (Å²) in [4.78, 5) is 10.3. The van der Waals surface area contributed by atoms with E-state index in [0.29, 0.717) is 6.61 Å². The molecule has 0 aromatic carbocycles. The number of ether oxygens (including phenoxy) is 1. The Morgan fingerprint density at radius 2 is 2.00 bits per heavy atom. The van der Waals surface area contributed by atoms with Crippen LogP contribution in [0.15, 0.2) is 0 Å². The molecule has 0 spiro atoms. The lowest BCUT2D eigenvalue weighted by Crippen LogP contribution is -2.42. The van der Waals surface area contributed by atoms with Crippen LogP contribution < -0.4 is 4.72 Å². The first-order valence-corrected chi connectivity index (χ1v) is 7.14. The van der Waals surface area contributed by atoms with Gasteiger partial charge in [-0.25, -0.2) is 13.1 Å². The standard InChI is InChI=1S/C10H21NO5S/c1-8(2)9(7-16-3)11-17(14,15)6-4-5-10(12)13/h8-9,11H,4-7H2,1-3H3,(H,12,13). The van der Waals surface area contributed by atoms with E-state index in [1.54, 1.807) is 0 Å². The molecule has 6 nitrogen and oxygen atoms in total. The van der Waals surface area contributed by atoms with E-state index in [4.69, 9.17) is 9.84 Å². The van der Waals surface area contributed by atoms with Crippen LogP contribution in [0.25, 0.3) is 0 Å². The van der Waals surface area contributed by atoms with E-state index < -0.39 is 16.0 Å². The van der Waals surface area contributed by atoms with E-state index in [1.165, 1.54) is 7.11 Å². The van der Waals surface area contributed by atoms with Crippen LogP contribution in [0.1, 0.15) is 26.7 Å². The zero-order chi connectivity index (χ0) is 13.5. The van der Waals surface area contributed by atoms with Gasteiger partial charge in [-0.2, -0.15) is 0 Å². The fraction of sp³-hybridized carbons (Fsp3) is 0.900. The number of carbonyl (C=O) groups is 1.